The van der Waals surface area contributed by atoms with Crippen LogP contribution in [0.2, 0.25) is 0 Å². The van der Waals surface area contributed by atoms with E-state index in [-0.39, 0.29) is 5.75 Å². The van der Waals surface area contributed by atoms with Crippen molar-refractivity contribution in [1.82, 2.24) is 0 Å². The number of benzene rings is 1. The normalized spacial score (nSPS) is 10.3. The number of para-hydroxylation sites is 1. The number of hydrogen-bond donors (Lipinski definition) is 0. The van der Waals surface area contributed by atoms with Crippen LogP contribution in [0, 0.1) is 0 Å². The van der Waals surface area contributed by atoms with Gasteiger partial charge in [0.15, 0.2) is 0 Å². The summed E-state index contributed by atoms with van der Waals surface area (Å²) in [4.78, 5) is 9.84. The molecule has 4 nitrogen and oxygen atoms in total. The molecule has 0 atom stereocenters. The van der Waals surface area contributed by atoms with Crippen molar-refractivity contribution in [2.24, 2.45) is 0 Å². The fourth-order valence-electron chi connectivity index (χ4n) is 1.93. The number of carbonyl (C=O) groups excluding carboxylic acids is 1. The van der Waals surface area contributed by atoms with Crippen molar-refractivity contribution in [3.8, 4) is 5.75 Å². The predicted molar refractivity (Wildman–Crippen MR) is 74.9 cm³/mol. The highest BCUT2D eigenvalue weighted by atomic mass is 16.7. The van der Waals surface area contributed by atoms with Crippen molar-refractivity contribution < 1.29 is 19.1 Å². The predicted octanol–water partition coefficient (Wildman–Crippen LogP) is 2.29. The van der Waals surface area contributed by atoms with Gasteiger partial charge in [-0.2, -0.15) is 0 Å². The van der Waals surface area contributed by atoms with Crippen molar-refractivity contribution in [2.45, 2.75) is 27.7 Å². The number of carbonyl (C=O) groups is 1. The molecule has 19 heavy (non-hydrogen) atoms. The third-order valence-electron chi connectivity index (χ3n) is 3.63. The summed E-state index contributed by atoms with van der Waals surface area (Å²) in [5.74, 6) is 0.280. The number of nitrogens with zero attached hydrogens (tertiary/aromatic N) is 1. The zero-order valence-electron chi connectivity index (χ0n) is 12.4. The molecule has 0 fully saturated rings. The van der Waals surface area contributed by atoms with E-state index in [4.69, 9.17) is 0 Å². The summed E-state index contributed by atoms with van der Waals surface area (Å²) < 4.78 is 5.50. The Morgan fingerprint density at radius 1 is 1.00 bits per heavy atom. The molecular weight excluding hydrogens is 242 g/mol. The molecule has 0 radical (unpaired) electrons. The van der Waals surface area contributed by atoms with E-state index in [0.717, 1.165) is 0 Å². The molecule has 108 valence electrons. The van der Waals surface area contributed by atoms with Gasteiger partial charge in [-0.25, -0.2) is 0 Å². The largest absolute Gasteiger partial charge is 0.514 e. The Kier molecular flexibility index (Phi) is 8.62. The molecule has 0 heterocycles. The minimum atomic E-state index is -1.54. The van der Waals surface area contributed by atoms with Gasteiger partial charge in [-0.3, -0.25) is 0 Å². The number of rotatable bonds is 5. The maximum absolute atomic E-state index is 9.84. The Balaban J connectivity index is 0.000000344. The molecule has 1 rings (SSSR count). The molecule has 0 aliphatic rings. The van der Waals surface area contributed by atoms with E-state index in [1.807, 2.05) is 0 Å². The lowest BCUT2D eigenvalue weighted by molar-refractivity contribution is -0.921. The molecular formula is C15H25NO3. The van der Waals surface area contributed by atoms with Crippen LogP contribution in [0.15, 0.2) is 30.3 Å². The van der Waals surface area contributed by atoms with Gasteiger partial charge in [-0.15, -0.1) is 0 Å². The van der Waals surface area contributed by atoms with E-state index in [9.17, 15) is 9.90 Å². The third kappa shape index (κ3) is 6.82. The smallest absolute Gasteiger partial charge is 0.257 e. The van der Waals surface area contributed by atoms with Gasteiger partial charge < -0.3 is 19.1 Å². The summed E-state index contributed by atoms with van der Waals surface area (Å²) in [5, 5.41) is 9.84. The first-order valence-electron chi connectivity index (χ1n) is 6.82. The highest BCUT2D eigenvalue weighted by Crippen LogP contribution is 2.07. The van der Waals surface area contributed by atoms with E-state index >= 15 is 0 Å². The first-order valence-corrected chi connectivity index (χ1v) is 6.82. The average molecular weight is 267 g/mol. The van der Waals surface area contributed by atoms with Gasteiger partial charge in [0.1, 0.15) is 0 Å². The Labute approximate surface area is 116 Å². The Morgan fingerprint density at radius 3 is 1.68 bits per heavy atom. The average Bonchev–Trinajstić information content (AvgIpc) is 2.43. The molecule has 4 heteroatoms. The number of quaternary nitrogens is 1. The molecule has 0 amide bonds. The quantitative estimate of drug-likeness (QED) is 0.467. The Bertz CT molecular complexity index is 330. The molecule has 0 bridgehead atoms. The lowest BCUT2D eigenvalue weighted by Gasteiger charge is -2.34. The maximum atomic E-state index is 9.84. The van der Waals surface area contributed by atoms with Gasteiger partial charge in [-0.05, 0) is 39.8 Å². The van der Waals surface area contributed by atoms with E-state index < -0.39 is 6.16 Å². The lowest BCUT2D eigenvalue weighted by atomic mass is 10.3. The molecule has 0 aliphatic heterocycles. The second-order valence-corrected chi connectivity index (χ2v) is 4.27. The number of hydrogen-bond acceptors (Lipinski definition) is 3. The molecule has 0 saturated heterocycles. The van der Waals surface area contributed by atoms with Crippen LogP contribution < -0.4 is 9.84 Å². The Morgan fingerprint density at radius 2 is 1.42 bits per heavy atom. The second kappa shape index (κ2) is 9.39. The molecule has 1 aromatic rings. The van der Waals surface area contributed by atoms with Crippen LogP contribution in [0.25, 0.3) is 0 Å². The number of ether oxygens (including phenoxy) is 1. The Hall–Kier alpha value is -1.55. The van der Waals surface area contributed by atoms with Crippen molar-refractivity contribution in [3.05, 3.63) is 30.3 Å². The fourth-order valence-corrected chi connectivity index (χ4v) is 1.93. The van der Waals surface area contributed by atoms with Gasteiger partial charge in [0.05, 0.1) is 31.9 Å². The van der Waals surface area contributed by atoms with Crippen LogP contribution in [0.5, 0.6) is 5.75 Å². The fraction of sp³-hybridized carbons (Fsp3) is 0.533. The van der Waals surface area contributed by atoms with Gasteiger partial charge in [0.2, 0.25) is 0 Å². The number of carboxylic acid groups (broad SMARTS) is 1. The third-order valence-corrected chi connectivity index (χ3v) is 3.63. The van der Waals surface area contributed by atoms with Crippen LogP contribution in [-0.2, 0) is 0 Å². The summed E-state index contributed by atoms with van der Waals surface area (Å²) in [7, 11) is 0. The van der Waals surface area contributed by atoms with E-state index in [1.165, 1.54) is 42.8 Å². The lowest BCUT2D eigenvalue weighted by Crippen LogP contribution is -2.47. The minimum absolute atomic E-state index is 0.280. The highest BCUT2D eigenvalue weighted by molar-refractivity contribution is 5.58. The summed E-state index contributed by atoms with van der Waals surface area (Å²) in [6.45, 7) is 14.2. The molecule has 0 spiro atoms. The maximum Gasteiger partial charge on any atom is 0.257 e. The summed E-state index contributed by atoms with van der Waals surface area (Å²) in [5.41, 5.74) is 0. The van der Waals surface area contributed by atoms with Crippen LogP contribution in [0.1, 0.15) is 27.7 Å². The van der Waals surface area contributed by atoms with Crippen molar-refractivity contribution in [2.75, 3.05) is 26.2 Å². The van der Waals surface area contributed by atoms with Crippen molar-refractivity contribution in [3.63, 3.8) is 0 Å². The molecule has 1 aromatic carbocycles. The molecule has 0 aromatic heterocycles. The molecule has 0 saturated carbocycles. The molecule has 0 N–H and O–H groups in total. The van der Waals surface area contributed by atoms with Gasteiger partial charge >= 0.3 is 0 Å². The van der Waals surface area contributed by atoms with E-state index in [0.29, 0.717) is 0 Å². The van der Waals surface area contributed by atoms with Crippen molar-refractivity contribution >= 4 is 6.16 Å². The van der Waals surface area contributed by atoms with Crippen LogP contribution >= 0.6 is 0 Å². The zero-order valence-corrected chi connectivity index (χ0v) is 12.4. The summed E-state index contributed by atoms with van der Waals surface area (Å²) >= 11 is 0. The first-order chi connectivity index (χ1) is 9.03. The molecule has 0 unspecified atom stereocenters. The first kappa shape index (κ1) is 17.4. The topological polar surface area (TPSA) is 49.4 Å². The minimum Gasteiger partial charge on any atom is -0.514 e. The van der Waals surface area contributed by atoms with Crippen molar-refractivity contribution in [1.29, 1.82) is 0 Å². The molecule has 0 aliphatic carbocycles. The zero-order chi connectivity index (χ0) is 14.7. The van der Waals surface area contributed by atoms with Gasteiger partial charge in [-0.1, -0.05) is 18.2 Å². The highest BCUT2D eigenvalue weighted by Gasteiger charge is 2.16. The SMILES string of the molecule is CC[N+](CC)(CC)CC.O=C([O-])Oc1ccccc1. The van der Waals surface area contributed by atoms with E-state index in [1.54, 1.807) is 18.2 Å². The second-order valence-electron chi connectivity index (χ2n) is 4.27. The van der Waals surface area contributed by atoms with Crippen LogP contribution in [0.3, 0.4) is 0 Å². The van der Waals surface area contributed by atoms with Crippen LogP contribution in [-0.4, -0.2) is 36.8 Å². The monoisotopic (exact) mass is 267 g/mol. The standard InChI is InChI=1S/C8H20N.C7H6O3/c1-5-9(6-2,7-3)8-4;8-7(9)10-6-4-2-1-3-5-6/h5-8H2,1-4H3;1-5H,(H,8,9)/q+1;/p-1. The van der Waals surface area contributed by atoms with Gasteiger partial charge in [0, 0.05) is 0 Å². The summed E-state index contributed by atoms with van der Waals surface area (Å²) in [6.07, 6.45) is -1.54. The van der Waals surface area contributed by atoms with Crippen LogP contribution in [0.4, 0.5) is 4.79 Å². The summed E-state index contributed by atoms with van der Waals surface area (Å²) in [6, 6.07) is 8.20. The van der Waals surface area contributed by atoms with E-state index in [2.05, 4.69) is 32.4 Å². The van der Waals surface area contributed by atoms with Gasteiger partial charge in [0.25, 0.3) is 6.16 Å².